The van der Waals surface area contributed by atoms with E-state index in [1.165, 1.54) is 6.07 Å². The van der Waals surface area contributed by atoms with Gasteiger partial charge in [0.1, 0.15) is 18.2 Å². The van der Waals surface area contributed by atoms with Gasteiger partial charge in [0.15, 0.2) is 0 Å². The van der Waals surface area contributed by atoms with E-state index < -0.39 is 0 Å². The summed E-state index contributed by atoms with van der Waals surface area (Å²) >= 11 is 0. The molecule has 0 bridgehead atoms. The van der Waals surface area contributed by atoms with Gasteiger partial charge in [-0.15, -0.1) is 0 Å². The Labute approximate surface area is 117 Å². The number of rotatable bonds is 3. The molecule has 1 heterocycles. The van der Waals surface area contributed by atoms with Crippen molar-refractivity contribution in [3.63, 3.8) is 0 Å². The first kappa shape index (κ1) is 12.7. The second kappa shape index (κ2) is 5.00. The number of fused-ring (bicyclic) bond motifs is 1. The highest BCUT2D eigenvalue weighted by Crippen LogP contribution is 2.24. The minimum absolute atomic E-state index is 0.218. The van der Waals surface area contributed by atoms with Crippen LogP contribution in [0.4, 0.5) is 4.39 Å². The van der Waals surface area contributed by atoms with Crippen molar-refractivity contribution in [2.24, 2.45) is 7.05 Å². The minimum Gasteiger partial charge on any atom is -0.489 e. The molecule has 0 saturated carbocycles. The summed E-state index contributed by atoms with van der Waals surface area (Å²) in [5, 5.41) is 1.03. The Balaban J connectivity index is 1.90. The number of aryl methyl sites for hydroxylation is 2. The van der Waals surface area contributed by atoms with E-state index >= 15 is 0 Å². The normalized spacial score (nSPS) is 10.9. The average molecular weight is 269 g/mol. The lowest BCUT2D eigenvalue weighted by Crippen LogP contribution is -1.96. The van der Waals surface area contributed by atoms with E-state index in [0.29, 0.717) is 6.61 Å². The first-order valence-electron chi connectivity index (χ1n) is 6.57. The number of aromatic nitrogens is 1. The lowest BCUT2D eigenvalue weighted by Gasteiger charge is -2.08. The third-order valence-corrected chi connectivity index (χ3v) is 3.51. The van der Waals surface area contributed by atoms with Crippen LogP contribution in [0.5, 0.6) is 5.75 Å². The maximum atomic E-state index is 13.3. The predicted molar refractivity (Wildman–Crippen MR) is 78.4 cm³/mol. The summed E-state index contributed by atoms with van der Waals surface area (Å²) < 4.78 is 21.1. The fraction of sp³-hybridized carbons (Fsp3) is 0.176. The zero-order valence-corrected chi connectivity index (χ0v) is 11.6. The number of halogens is 1. The molecule has 0 radical (unpaired) electrons. The Bertz CT molecular complexity index is 761. The van der Waals surface area contributed by atoms with Gasteiger partial charge in [0.2, 0.25) is 0 Å². The Hall–Kier alpha value is -2.29. The Morgan fingerprint density at radius 1 is 1.15 bits per heavy atom. The van der Waals surface area contributed by atoms with E-state index in [1.54, 1.807) is 12.1 Å². The van der Waals surface area contributed by atoms with Crippen LogP contribution < -0.4 is 4.74 Å². The van der Waals surface area contributed by atoms with Gasteiger partial charge in [-0.1, -0.05) is 18.2 Å². The fourth-order valence-corrected chi connectivity index (χ4v) is 2.43. The van der Waals surface area contributed by atoms with E-state index in [4.69, 9.17) is 4.74 Å². The van der Waals surface area contributed by atoms with Gasteiger partial charge in [-0.3, -0.25) is 0 Å². The highest BCUT2D eigenvalue weighted by atomic mass is 19.1. The highest BCUT2D eigenvalue weighted by Gasteiger charge is 2.08. The van der Waals surface area contributed by atoms with Crippen molar-refractivity contribution in [2.45, 2.75) is 13.5 Å². The highest BCUT2D eigenvalue weighted by molar-refractivity contribution is 5.83. The van der Waals surface area contributed by atoms with Crippen molar-refractivity contribution in [2.75, 3.05) is 0 Å². The van der Waals surface area contributed by atoms with Gasteiger partial charge in [0.25, 0.3) is 0 Å². The van der Waals surface area contributed by atoms with Crippen molar-refractivity contribution < 1.29 is 9.13 Å². The van der Waals surface area contributed by atoms with Crippen LogP contribution in [-0.2, 0) is 13.7 Å². The van der Waals surface area contributed by atoms with Gasteiger partial charge < -0.3 is 9.30 Å². The molecular formula is C17H16FNO. The quantitative estimate of drug-likeness (QED) is 0.695. The molecule has 0 spiro atoms. The maximum Gasteiger partial charge on any atom is 0.125 e. The molecule has 102 valence electrons. The molecule has 0 amide bonds. The molecule has 0 atom stereocenters. The first-order chi connectivity index (χ1) is 9.65. The summed E-state index contributed by atoms with van der Waals surface area (Å²) in [5.41, 5.74) is 3.05. The van der Waals surface area contributed by atoms with Crippen LogP contribution in [-0.4, -0.2) is 4.57 Å². The second-order valence-electron chi connectivity index (χ2n) is 4.98. The third-order valence-electron chi connectivity index (χ3n) is 3.51. The maximum absolute atomic E-state index is 13.3. The van der Waals surface area contributed by atoms with Crippen LogP contribution in [0.25, 0.3) is 10.9 Å². The predicted octanol–water partition coefficient (Wildman–Crippen LogP) is 4.20. The molecule has 0 aliphatic heterocycles. The number of hydrogen-bond donors (Lipinski definition) is 0. The van der Waals surface area contributed by atoms with Gasteiger partial charge in [-0.05, 0) is 36.8 Å². The summed E-state index contributed by atoms with van der Waals surface area (Å²) in [6.07, 6.45) is 1.99. The summed E-state index contributed by atoms with van der Waals surface area (Å²) in [5.74, 6) is 0.664. The first-order valence-corrected chi connectivity index (χ1v) is 6.57. The van der Waals surface area contributed by atoms with Crippen LogP contribution in [0.2, 0.25) is 0 Å². The van der Waals surface area contributed by atoms with E-state index in [9.17, 15) is 4.39 Å². The van der Waals surface area contributed by atoms with Crippen molar-refractivity contribution in [3.05, 3.63) is 65.6 Å². The van der Waals surface area contributed by atoms with Crippen LogP contribution in [0, 0.1) is 12.7 Å². The van der Waals surface area contributed by atoms with Crippen LogP contribution in [0.1, 0.15) is 11.1 Å². The largest absolute Gasteiger partial charge is 0.489 e. The lowest BCUT2D eigenvalue weighted by molar-refractivity contribution is 0.305. The minimum atomic E-state index is -0.218. The van der Waals surface area contributed by atoms with Gasteiger partial charge in [-0.2, -0.15) is 0 Å². The third kappa shape index (κ3) is 2.27. The molecule has 3 aromatic rings. The van der Waals surface area contributed by atoms with Gasteiger partial charge in [-0.25, -0.2) is 4.39 Å². The molecule has 0 unspecified atom stereocenters. The van der Waals surface area contributed by atoms with Crippen molar-refractivity contribution >= 4 is 10.9 Å². The molecule has 0 saturated heterocycles. The molecule has 20 heavy (non-hydrogen) atoms. The zero-order valence-electron chi connectivity index (χ0n) is 11.6. The van der Waals surface area contributed by atoms with E-state index in [0.717, 1.165) is 27.8 Å². The molecule has 2 nitrogen and oxygen atoms in total. The zero-order chi connectivity index (χ0) is 14.1. The van der Waals surface area contributed by atoms with E-state index in [1.807, 2.05) is 49.0 Å². The standard InChI is InChI=1S/C17H16FNO/c1-12-5-3-4-6-17(12)20-11-13-10-19(2)16-9-14(18)7-8-15(13)16/h3-10H,11H2,1-2H3. The van der Waals surface area contributed by atoms with Crippen molar-refractivity contribution in [1.29, 1.82) is 0 Å². The topological polar surface area (TPSA) is 14.2 Å². The Morgan fingerprint density at radius 3 is 2.75 bits per heavy atom. The Kier molecular flexibility index (Phi) is 3.18. The molecule has 0 aliphatic rings. The van der Waals surface area contributed by atoms with Crippen LogP contribution in [0.3, 0.4) is 0 Å². The molecule has 3 rings (SSSR count). The number of hydrogen-bond acceptors (Lipinski definition) is 1. The smallest absolute Gasteiger partial charge is 0.125 e. The number of ether oxygens (including phenoxy) is 1. The molecule has 3 heteroatoms. The molecule has 1 aromatic heterocycles. The van der Waals surface area contributed by atoms with Crippen LogP contribution >= 0.6 is 0 Å². The number of benzene rings is 2. The molecular weight excluding hydrogens is 253 g/mol. The van der Waals surface area contributed by atoms with Gasteiger partial charge in [0.05, 0.1) is 5.52 Å². The molecule has 0 fully saturated rings. The Morgan fingerprint density at radius 2 is 1.95 bits per heavy atom. The molecule has 0 aliphatic carbocycles. The van der Waals surface area contributed by atoms with Gasteiger partial charge >= 0.3 is 0 Å². The average Bonchev–Trinajstić information content (AvgIpc) is 2.74. The molecule has 0 N–H and O–H groups in total. The summed E-state index contributed by atoms with van der Waals surface area (Å²) in [6, 6.07) is 12.8. The fourth-order valence-electron chi connectivity index (χ4n) is 2.43. The SMILES string of the molecule is Cc1ccccc1OCc1cn(C)c2cc(F)ccc12. The molecule has 2 aromatic carbocycles. The van der Waals surface area contributed by atoms with Gasteiger partial charge in [0, 0.05) is 24.2 Å². The summed E-state index contributed by atoms with van der Waals surface area (Å²) in [4.78, 5) is 0. The van der Waals surface area contributed by atoms with Crippen molar-refractivity contribution in [3.8, 4) is 5.75 Å². The lowest BCUT2D eigenvalue weighted by atomic mass is 10.2. The van der Waals surface area contributed by atoms with E-state index in [-0.39, 0.29) is 5.82 Å². The number of nitrogens with zero attached hydrogens (tertiary/aromatic N) is 1. The van der Waals surface area contributed by atoms with E-state index in [2.05, 4.69) is 0 Å². The monoisotopic (exact) mass is 269 g/mol. The summed E-state index contributed by atoms with van der Waals surface area (Å²) in [7, 11) is 1.92. The number of para-hydroxylation sites is 1. The summed E-state index contributed by atoms with van der Waals surface area (Å²) in [6.45, 7) is 2.50. The van der Waals surface area contributed by atoms with Crippen molar-refractivity contribution in [1.82, 2.24) is 4.57 Å². The second-order valence-corrected chi connectivity index (χ2v) is 4.98. The van der Waals surface area contributed by atoms with Crippen LogP contribution in [0.15, 0.2) is 48.7 Å².